The van der Waals surface area contributed by atoms with Crippen LogP contribution in [0.25, 0.3) is 0 Å². The fourth-order valence-corrected chi connectivity index (χ4v) is 4.92. The van der Waals surface area contributed by atoms with Crippen LogP contribution in [-0.2, 0) is 11.3 Å². The highest BCUT2D eigenvalue weighted by molar-refractivity contribution is 5.87. The van der Waals surface area contributed by atoms with E-state index in [1.165, 1.54) is 12.3 Å². The third kappa shape index (κ3) is 5.66. The number of pyridine rings is 1. The van der Waals surface area contributed by atoms with Gasteiger partial charge in [0.15, 0.2) is 0 Å². The van der Waals surface area contributed by atoms with Crippen LogP contribution < -0.4 is 10.1 Å². The molecule has 0 radical (unpaired) electrons. The molecular weight excluding hydrogens is 458 g/mol. The molecule has 186 valence electrons. The van der Waals surface area contributed by atoms with Gasteiger partial charge in [-0.3, -0.25) is 9.88 Å². The monoisotopic (exact) mass is 487 g/mol. The first-order chi connectivity index (χ1) is 17.5. The molecule has 0 unspecified atom stereocenters. The number of amides is 1. The number of rotatable bonds is 8. The average Bonchev–Trinajstić information content (AvgIpc) is 2.92. The van der Waals surface area contributed by atoms with Crippen LogP contribution in [0.4, 0.5) is 4.79 Å². The molecule has 3 aliphatic rings. The average molecular weight is 488 g/mol. The summed E-state index contributed by atoms with van der Waals surface area (Å²) in [5, 5.41) is 12.1. The molecule has 2 atom stereocenters. The molecular formula is C28H29N3O5. The van der Waals surface area contributed by atoms with E-state index in [0.717, 1.165) is 43.6 Å². The summed E-state index contributed by atoms with van der Waals surface area (Å²) in [7, 11) is 0. The molecule has 2 N–H and O–H groups in total. The Morgan fingerprint density at radius 2 is 1.81 bits per heavy atom. The Kier molecular flexibility index (Phi) is 7.13. The zero-order valence-electron chi connectivity index (χ0n) is 19.9. The summed E-state index contributed by atoms with van der Waals surface area (Å²) in [5.41, 5.74) is 2.54. The van der Waals surface area contributed by atoms with Crippen molar-refractivity contribution in [2.75, 3.05) is 19.6 Å². The van der Waals surface area contributed by atoms with Crippen molar-refractivity contribution >= 4 is 12.1 Å². The highest BCUT2D eigenvalue weighted by Gasteiger charge is 2.36. The number of aromatic carboxylic acids is 1. The maximum Gasteiger partial charge on any atom is 0.408 e. The van der Waals surface area contributed by atoms with Gasteiger partial charge in [-0.05, 0) is 67.2 Å². The number of nitrogens with one attached hydrogen (secondary N) is 1. The summed E-state index contributed by atoms with van der Waals surface area (Å²) in [6, 6.07) is 20.0. The molecule has 8 nitrogen and oxygen atoms in total. The Morgan fingerprint density at radius 3 is 2.47 bits per heavy atom. The van der Waals surface area contributed by atoms with Gasteiger partial charge >= 0.3 is 12.1 Å². The smallest absolute Gasteiger partial charge is 0.408 e. The fraction of sp³-hybridized carbons (Fsp3) is 0.321. The number of nitrogens with zero attached hydrogens (tertiary/aromatic N) is 2. The number of alkyl carbamates (subject to hydrolysis) is 1. The van der Waals surface area contributed by atoms with Gasteiger partial charge in [-0.15, -0.1) is 0 Å². The first kappa shape index (κ1) is 23.8. The summed E-state index contributed by atoms with van der Waals surface area (Å²) < 4.78 is 11.8. The molecule has 6 rings (SSSR count). The normalized spacial score (nSPS) is 21.4. The predicted octanol–water partition coefficient (Wildman–Crippen LogP) is 4.27. The highest BCUT2D eigenvalue weighted by atomic mass is 16.6. The van der Waals surface area contributed by atoms with Crippen LogP contribution in [0.5, 0.6) is 5.75 Å². The molecule has 0 spiro atoms. The van der Waals surface area contributed by atoms with E-state index in [2.05, 4.69) is 15.2 Å². The van der Waals surface area contributed by atoms with E-state index in [4.69, 9.17) is 14.6 Å². The molecule has 0 saturated carbocycles. The number of fused-ring (bicyclic) bond motifs is 3. The van der Waals surface area contributed by atoms with E-state index in [1.807, 2.05) is 54.6 Å². The standard InChI is InChI=1S/C28H29N3O5/c32-27(33)22-9-10-23(29-16-22)18-35-24-8-4-7-21(15-24)26(20-5-2-1-3-6-20)30-28(34)36-25-17-31-13-11-19(25)12-14-31/h1-10,15-16,19,25-26H,11-14,17-18H2,(H,30,34)(H,32,33)/t25-,26-/m0/s1. The number of ether oxygens (including phenoxy) is 2. The lowest BCUT2D eigenvalue weighted by atomic mass is 9.86. The number of hydrogen-bond acceptors (Lipinski definition) is 6. The minimum absolute atomic E-state index is 0.0707. The van der Waals surface area contributed by atoms with Crippen molar-refractivity contribution in [2.45, 2.75) is 31.6 Å². The Labute approximate surface area is 209 Å². The van der Waals surface area contributed by atoms with Crippen LogP contribution in [-0.4, -0.2) is 52.8 Å². The Balaban J connectivity index is 1.29. The first-order valence-corrected chi connectivity index (χ1v) is 12.2. The molecule has 3 aromatic rings. The van der Waals surface area contributed by atoms with Crippen molar-refractivity contribution in [3.05, 3.63) is 95.3 Å². The third-order valence-electron chi connectivity index (χ3n) is 6.90. The number of carbonyl (C=O) groups excluding carboxylic acids is 1. The number of hydrogen-bond donors (Lipinski definition) is 2. The molecule has 0 aliphatic carbocycles. The lowest BCUT2D eigenvalue weighted by Gasteiger charge is -2.43. The van der Waals surface area contributed by atoms with Gasteiger partial charge in [0.25, 0.3) is 0 Å². The minimum Gasteiger partial charge on any atom is -0.487 e. The number of piperidine rings is 3. The van der Waals surface area contributed by atoms with Gasteiger partial charge in [-0.2, -0.15) is 0 Å². The minimum atomic E-state index is -1.02. The van der Waals surface area contributed by atoms with Crippen molar-refractivity contribution < 1.29 is 24.2 Å². The molecule has 8 heteroatoms. The van der Waals surface area contributed by atoms with E-state index in [0.29, 0.717) is 17.4 Å². The molecule has 2 aromatic carbocycles. The summed E-state index contributed by atoms with van der Waals surface area (Å²) >= 11 is 0. The lowest BCUT2D eigenvalue weighted by molar-refractivity contribution is -0.0336. The Hall–Kier alpha value is -3.91. The zero-order chi connectivity index (χ0) is 24.9. The third-order valence-corrected chi connectivity index (χ3v) is 6.90. The van der Waals surface area contributed by atoms with Gasteiger partial charge in [0.2, 0.25) is 0 Å². The van der Waals surface area contributed by atoms with Gasteiger partial charge in [0, 0.05) is 12.7 Å². The van der Waals surface area contributed by atoms with Gasteiger partial charge < -0.3 is 19.9 Å². The molecule has 2 bridgehead atoms. The number of carboxylic acids is 1. The van der Waals surface area contributed by atoms with Crippen molar-refractivity contribution in [1.82, 2.24) is 15.2 Å². The molecule has 36 heavy (non-hydrogen) atoms. The van der Waals surface area contributed by atoms with E-state index in [9.17, 15) is 9.59 Å². The maximum atomic E-state index is 13.0. The van der Waals surface area contributed by atoms with E-state index in [1.54, 1.807) is 6.07 Å². The number of benzene rings is 2. The summed E-state index contributed by atoms with van der Waals surface area (Å²) in [6.07, 6.45) is 2.98. The molecule has 3 saturated heterocycles. The largest absolute Gasteiger partial charge is 0.487 e. The van der Waals surface area contributed by atoms with E-state index < -0.39 is 18.1 Å². The van der Waals surface area contributed by atoms with Crippen LogP contribution in [0.1, 0.15) is 46.1 Å². The summed E-state index contributed by atoms with van der Waals surface area (Å²) in [4.78, 5) is 30.5. The Bertz CT molecular complexity index is 1190. The van der Waals surface area contributed by atoms with Crippen LogP contribution in [0, 0.1) is 5.92 Å². The first-order valence-electron chi connectivity index (χ1n) is 12.2. The molecule has 4 heterocycles. The van der Waals surface area contributed by atoms with Gasteiger partial charge in [-0.25, -0.2) is 9.59 Å². The van der Waals surface area contributed by atoms with Gasteiger partial charge in [0.1, 0.15) is 18.5 Å². The quantitative estimate of drug-likeness (QED) is 0.489. The van der Waals surface area contributed by atoms with Crippen molar-refractivity contribution in [2.24, 2.45) is 5.92 Å². The van der Waals surface area contributed by atoms with Gasteiger partial charge in [0.05, 0.1) is 17.3 Å². The number of carboxylic acid groups (broad SMARTS) is 1. The van der Waals surface area contributed by atoms with Crippen molar-refractivity contribution in [3.63, 3.8) is 0 Å². The second-order valence-corrected chi connectivity index (χ2v) is 9.27. The summed E-state index contributed by atoms with van der Waals surface area (Å²) in [5.74, 6) is 0.0325. The van der Waals surface area contributed by atoms with Crippen molar-refractivity contribution in [1.29, 1.82) is 0 Å². The van der Waals surface area contributed by atoms with Gasteiger partial charge in [-0.1, -0.05) is 42.5 Å². The second-order valence-electron chi connectivity index (χ2n) is 9.27. The predicted molar refractivity (Wildman–Crippen MR) is 133 cm³/mol. The Morgan fingerprint density at radius 1 is 1.03 bits per heavy atom. The number of aromatic nitrogens is 1. The molecule has 3 fully saturated rings. The SMILES string of the molecule is O=C(N[C@@H](c1ccccc1)c1cccc(OCc2ccc(C(=O)O)cn2)c1)O[C@H]1CN2CCC1CC2. The van der Waals surface area contributed by atoms with Crippen LogP contribution in [0.2, 0.25) is 0 Å². The highest BCUT2D eigenvalue weighted by Crippen LogP contribution is 2.30. The zero-order valence-corrected chi connectivity index (χ0v) is 19.9. The number of carbonyl (C=O) groups is 2. The molecule has 3 aliphatic heterocycles. The van der Waals surface area contributed by atoms with E-state index in [-0.39, 0.29) is 18.3 Å². The van der Waals surface area contributed by atoms with Crippen LogP contribution in [0.3, 0.4) is 0 Å². The van der Waals surface area contributed by atoms with Crippen LogP contribution in [0.15, 0.2) is 72.9 Å². The maximum absolute atomic E-state index is 13.0. The molecule has 1 aromatic heterocycles. The van der Waals surface area contributed by atoms with Crippen LogP contribution >= 0.6 is 0 Å². The van der Waals surface area contributed by atoms with E-state index >= 15 is 0 Å². The lowest BCUT2D eigenvalue weighted by Crippen LogP contribution is -2.52. The van der Waals surface area contributed by atoms with Crippen molar-refractivity contribution in [3.8, 4) is 5.75 Å². The fourth-order valence-electron chi connectivity index (χ4n) is 4.92. The second kappa shape index (κ2) is 10.8. The topological polar surface area (TPSA) is 101 Å². The summed E-state index contributed by atoms with van der Waals surface area (Å²) in [6.45, 7) is 3.17. The molecule has 1 amide bonds.